The highest BCUT2D eigenvalue weighted by Crippen LogP contribution is 2.39. The smallest absolute Gasteiger partial charge is 0.282 e. The van der Waals surface area contributed by atoms with Gasteiger partial charge in [0.1, 0.15) is 0 Å². The fourth-order valence-corrected chi connectivity index (χ4v) is 3.75. The molecule has 0 amide bonds. The Morgan fingerprint density at radius 1 is 1.28 bits per heavy atom. The Morgan fingerprint density at radius 3 is 2.44 bits per heavy atom. The Labute approximate surface area is 109 Å². The fraction of sp³-hybridized carbons (Fsp3) is 0.571. The van der Waals surface area contributed by atoms with Crippen LogP contribution in [0.1, 0.15) is 49.7 Å². The molecule has 1 aliphatic rings. The van der Waals surface area contributed by atoms with Crippen LogP contribution in [-0.4, -0.2) is 13.0 Å². The number of benzene rings is 1. The molecule has 1 unspecified atom stereocenters. The average Bonchev–Trinajstić information content (AvgIpc) is 2.79. The van der Waals surface area contributed by atoms with Crippen molar-refractivity contribution in [3.63, 3.8) is 0 Å². The second-order valence-electron chi connectivity index (χ2n) is 5.35. The van der Waals surface area contributed by atoms with E-state index in [0.29, 0.717) is 5.92 Å². The topological polar surface area (TPSA) is 54.4 Å². The molecule has 4 heteroatoms. The summed E-state index contributed by atoms with van der Waals surface area (Å²) in [5.41, 5.74) is 1.80. The summed E-state index contributed by atoms with van der Waals surface area (Å²) in [4.78, 5) is 0.0764. The molecule has 1 fully saturated rings. The lowest BCUT2D eigenvalue weighted by atomic mass is 9.86. The molecule has 0 heterocycles. The van der Waals surface area contributed by atoms with Gasteiger partial charge >= 0.3 is 0 Å². The molecule has 0 bridgehead atoms. The number of aryl methyl sites for hydroxylation is 1. The molecule has 1 saturated carbocycles. The predicted molar refractivity (Wildman–Crippen MR) is 71.4 cm³/mol. The fourth-order valence-electron chi connectivity index (χ4n) is 2.97. The highest BCUT2D eigenvalue weighted by molar-refractivity contribution is 7.85. The number of hydrogen-bond acceptors (Lipinski definition) is 2. The van der Waals surface area contributed by atoms with E-state index in [4.69, 9.17) is 0 Å². The van der Waals surface area contributed by atoms with Gasteiger partial charge in [-0.25, -0.2) is 0 Å². The molecule has 0 radical (unpaired) electrons. The monoisotopic (exact) mass is 268 g/mol. The Kier molecular flexibility index (Phi) is 3.78. The van der Waals surface area contributed by atoms with E-state index in [1.54, 1.807) is 6.07 Å². The Hall–Kier alpha value is -0.870. The molecular weight excluding hydrogens is 248 g/mol. The van der Waals surface area contributed by atoms with Gasteiger partial charge in [-0.2, -0.15) is 8.42 Å². The molecule has 0 aromatic heterocycles. The summed E-state index contributed by atoms with van der Waals surface area (Å²) < 4.78 is 32.2. The van der Waals surface area contributed by atoms with Gasteiger partial charge in [-0.05, 0) is 43.2 Å². The summed E-state index contributed by atoms with van der Waals surface area (Å²) in [6.45, 7) is 4.01. The zero-order chi connectivity index (χ0) is 13.3. The largest absolute Gasteiger partial charge is 0.294 e. The summed E-state index contributed by atoms with van der Waals surface area (Å²) in [5.74, 6) is 0.719. The molecule has 0 aliphatic heterocycles. The van der Waals surface area contributed by atoms with Gasteiger partial charge in [-0.15, -0.1) is 0 Å². The van der Waals surface area contributed by atoms with Crippen LogP contribution in [0.5, 0.6) is 0 Å². The summed E-state index contributed by atoms with van der Waals surface area (Å²) in [6.07, 6.45) is 4.75. The van der Waals surface area contributed by atoms with Gasteiger partial charge in [0.2, 0.25) is 0 Å². The van der Waals surface area contributed by atoms with Crippen LogP contribution < -0.4 is 0 Å². The second kappa shape index (κ2) is 5.02. The van der Waals surface area contributed by atoms with Crippen molar-refractivity contribution in [2.24, 2.45) is 5.92 Å². The first-order valence-corrected chi connectivity index (χ1v) is 7.91. The van der Waals surface area contributed by atoms with E-state index < -0.39 is 10.1 Å². The minimum Gasteiger partial charge on any atom is -0.282 e. The van der Waals surface area contributed by atoms with Gasteiger partial charge in [-0.1, -0.05) is 37.5 Å². The van der Waals surface area contributed by atoms with Crippen LogP contribution in [0, 0.1) is 12.8 Å². The first-order chi connectivity index (χ1) is 8.39. The zero-order valence-corrected chi connectivity index (χ0v) is 11.7. The molecule has 2 rings (SSSR count). The third-order valence-electron chi connectivity index (χ3n) is 4.04. The quantitative estimate of drug-likeness (QED) is 0.853. The highest BCUT2D eigenvalue weighted by Gasteiger charge is 2.27. The van der Waals surface area contributed by atoms with Crippen LogP contribution >= 0.6 is 0 Å². The molecule has 0 spiro atoms. The third kappa shape index (κ3) is 2.75. The maximum absolute atomic E-state index is 11.4. The Balaban J connectivity index is 2.44. The lowest BCUT2D eigenvalue weighted by Crippen LogP contribution is -2.11. The summed E-state index contributed by atoms with van der Waals surface area (Å²) in [7, 11) is -4.12. The van der Waals surface area contributed by atoms with Gasteiger partial charge < -0.3 is 0 Å². The first-order valence-electron chi connectivity index (χ1n) is 6.47. The first kappa shape index (κ1) is 13.6. The highest BCUT2D eigenvalue weighted by atomic mass is 32.2. The minimum atomic E-state index is -4.12. The van der Waals surface area contributed by atoms with E-state index in [0.717, 1.165) is 24.0 Å². The summed E-state index contributed by atoms with van der Waals surface area (Å²) >= 11 is 0. The van der Waals surface area contributed by atoms with Gasteiger partial charge in [0.25, 0.3) is 10.1 Å². The van der Waals surface area contributed by atoms with Gasteiger partial charge in [0, 0.05) is 0 Å². The van der Waals surface area contributed by atoms with Crippen LogP contribution in [-0.2, 0) is 10.1 Å². The molecule has 1 aliphatic carbocycles. The molecule has 3 nitrogen and oxygen atoms in total. The van der Waals surface area contributed by atoms with Crippen molar-refractivity contribution in [2.45, 2.75) is 50.3 Å². The lowest BCUT2D eigenvalue weighted by Gasteiger charge is -2.21. The SMILES string of the molecule is Cc1ccc(S(=O)(=O)O)c(C(C)C2CCCC2)c1. The van der Waals surface area contributed by atoms with E-state index in [2.05, 4.69) is 6.92 Å². The van der Waals surface area contributed by atoms with Crippen molar-refractivity contribution in [1.82, 2.24) is 0 Å². The maximum Gasteiger partial charge on any atom is 0.294 e. The van der Waals surface area contributed by atoms with Crippen molar-refractivity contribution in [3.05, 3.63) is 29.3 Å². The molecule has 1 aromatic rings. The second-order valence-corrected chi connectivity index (χ2v) is 6.74. The molecule has 100 valence electrons. The standard InChI is InChI=1S/C14H20O3S/c1-10-7-8-14(18(15,16)17)13(9-10)11(2)12-5-3-4-6-12/h7-9,11-12H,3-6H2,1-2H3,(H,15,16,17). The lowest BCUT2D eigenvalue weighted by molar-refractivity contribution is 0.447. The molecule has 0 saturated heterocycles. The normalized spacial score (nSPS) is 19.1. The third-order valence-corrected chi connectivity index (χ3v) is 4.97. The van der Waals surface area contributed by atoms with E-state index >= 15 is 0 Å². The number of hydrogen-bond donors (Lipinski definition) is 1. The predicted octanol–water partition coefficient (Wildman–Crippen LogP) is 3.54. The van der Waals surface area contributed by atoms with Crippen LogP contribution in [0.25, 0.3) is 0 Å². The van der Waals surface area contributed by atoms with Crippen molar-refractivity contribution in [3.8, 4) is 0 Å². The zero-order valence-electron chi connectivity index (χ0n) is 10.9. The van der Waals surface area contributed by atoms with Crippen LogP contribution in [0.2, 0.25) is 0 Å². The van der Waals surface area contributed by atoms with Crippen molar-refractivity contribution in [2.75, 3.05) is 0 Å². The van der Waals surface area contributed by atoms with Gasteiger partial charge in [-0.3, -0.25) is 4.55 Å². The van der Waals surface area contributed by atoms with Gasteiger partial charge in [0.05, 0.1) is 4.90 Å². The molecule has 1 N–H and O–H groups in total. The Morgan fingerprint density at radius 2 is 1.89 bits per heavy atom. The van der Waals surface area contributed by atoms with Crippen LogP contribution in [0.15, 0.2) is 23.1 Å². The molecule has 1 atom stereocenters. The summed E-state index contributed by atoms with van der Waals surface area (Å²) in [5, 5.41) is 0. The average molecular weight is 268 g/mol. The van der Waals surface area contributed by atoms with Crippen molar-refractivity contribution >= 4 is 10.1 Å². The number of rotatable bonds is 3. The van der Waals surface area contributed by atoms with E-state index in [1.807, 2.05) is 13.0 Å². The van der Waals surface area contributed by atoms with Crippen molar-refractivity contribution in [1.29, 1.82) is 0 Å². The van der Waals surface area contributed by atoms with Crippen molar-refractivity contribution < 1.29 is 13.0 Å². The van der Waals surface area contributed by atoms with E-state index in [-0.39, 0.29) is 10.8 Å². The maximum atomic E-state index is 11.4. The van der Waals surface area contributed by atoms with E-state index in [1.165, 1.54) is 18.9 Å². The van der Waals surface area contributed by atoms with Crippen LogP contribution in [0.4, 0.5) is 0 Å². The molecule has 1 aromatic carbocycles. The van der Waals surface area contributed by atoms with Crippen LogP contribution in [0.3, 0.4) is 0 Å². The Bertz CT molecular complexity index is 528. The molecular formula is C14H20O3S. The van der Waals surface area contributed by atoms with Gasteiger partial charge in [0.15, 0.2) is 0 Å². The summed E-state index contributed by atoms with van der Waals surface area (Å²) in [6, 6.07) is 5.14. The minimum absolute atomic E-state index is 0.0764. The van der Waals surface area contributed by atoms with E-state index in [9.17, 15) is 13.0 Å². The molecule has 18 heavy (non-hydrogen) atoms.